The van der Waals surface area contributed by atoms with Crippen molar-refractivity contribution in [3.63, 3.8) is 0 Å². The minimum Gasteiger partial charge on any atom is -0.330 e. The van der Waals surface area contributed by atoms with Gasteiger partial charge in [0.1, 0.15) is 0 Å². The van der Waals surface area contributed by atoms with Crippen LogP contribution in [-0.4, -0.2) is 11.5 Å². The molecule has 0 saturated carbocycles. The Morgan fingerprint density at radius 2 is 2.00 bits per heavy atom. The van der Waals surface area contributed by atoms with E-state index in [9.17, 15) is 0 Å². The lowest BCUT2D eigenvalue weighted by molar-refractivity contribution is 0.932. The van der Waals surface area contributed by atoms with Crippen LogP contribution in [0.4, 0.5) is 0 Å². The van der Waals surface area contributed by atoms with Gasteiger partial charge in [-0.2, -0.15) is 0 Å². The van der Waals surface area contributed by atoms with Crippen LogP contribution in [0.15, 0.2) is 30.3 Å². The molecular weight excluding hydrogens is 196 g/mol. The van der Waals surface area contributed by atoms with Crippen molar-refractivity contribution in [2.75, 3.05) is 6.54 Å². The van der Waals surface area contributed by atoms with Gasteiger partial charge < -0.3 is 5.73 Å². The van der Waals surface area contributed by atoms with E-state index in [1.807, 2.05) is 30.3 Å². The first kappa shape index (κ1) is 9.44. The van der Waals surface area contributed by atoms with Crippen LogP contribution in [0.1, 0.15) is 5.69 Å². The van der Waals surface area contributed by atoms with Gasteiger partial charge >= 0.3 is 0 Å². The number of hydrogen-bond acceptors (Lipinski definition) is 2. The molecule has 2 aromatic rings. The highest BCUT2D eigenvalue weighted by Crippen LogP contribution is 2.17. The first-order valence-corrected chi connectivity index (χ1v) is 4.92. The van der Waals surface area contributed by atoms with Gasteiger partial charge in [-0.05, 0) is 24.7 Å². The van der Waals surface area contributed by atoms with E-state index >= 15 is 0 Å². The van der Waals surface area contributed by atoms with E-state index in [-0.39, 0.29) is 0 Å². The number of nitrogens with two attached hydrogens (primary N) is 1. The van der Waals surface area contributed by atoms with Gasteiger partial charge in [0.25, 0.3) is 0 Å². The van der Waals surface area contributed by atoms with Crippen molar-refractivity contribution in [3.8, 4) is 0 Å². The molecule has 2 rings (SSSR count). The summed E-state index contributed by atoms with van der Waals surface area (Å²) in [7, 11) is 0. The molecule has 0 aliphatic heterocycles. The molecule has 3 heteroatoms. The molecule has 14 heavy (non-hydrogen) atoms. The molecule has 0 radical (unpaired) electrons. The first-order chi connectivity index (χ1) is 6.79. The number of fused-ring (bicyclic) bond motifs is 1. The van der Waals surface area contributed by atoms with E-state index < -0.39 is 0 Å². The molecule has 1 heterocycles. The van der Waals surface area contributed by atoms with Gasteiger partial charge in [-0.1, -0.05) is 23.7 Å². The summed E-state index contributed by atoms with van der Waals surface area (Å²) in [6.07, 6.45) is 0.808. The molecule has 1 aromatic carbocycles. The lowest BCUT2D eigenvalue weighted by Gasteiger charge is -2.01. The summed E-state index contributed by atoms with van der Waals surface area (Å²) < 4.78 is 0. The second-order valence-corrected chi connectivity index (χ2v) is 3.61. The minimum atomic E-state index is 0.624. The Labute approximate surface area is 87.7 Å². The van der Waals surface area contributed by atoms with Gasteiger partial charge in [0.2, 0.25) is 0 Å². The van der Waals surface area contributed by atoms with Gasteiger partial charge in [0.15, 0.2) is 0 Å². The number of benzene rings is 1. The molecule has 0 saturated heterocycles. The van der Waals surface area contributed by atoms with E-state index in [0.717, 1.165) is 28.0 Å². The number of aromatic nitrogens is 1. The van der Waals surface area contributed by atoms with Crippen molar-refractivity contribution in [1.29, 1.82) is 0 Å². The lowest BCUT2D eigenvalue weighted by atomic mass is 10.2. The van der Waals surface area contributed by atoms with E-state index in [1.54, 1.807) is 0 Å². The van der Waals surface area contributed by atoms with Gasteiger partial charge in [-0.3, -0.25) is 4.98 Å². The summed E-state index contributed by atoms with van der Waals surface area (Å²) in [6, 6.07) is 9.76. The fourth-order valence-corrected chi connectivity index (χ4v) is 1.59. The standard InChI is InChI=1S/C11H11ClN2/c12-9-3-1-8-2-4-10(5-6-13)14-11(8)7-9/h1-4,7H,5-6,13H2. The Bertz CT molecular complexity index is 454. The Morgan fingerprint density at radius 3 is 2.79 bits per heavy atom. The van der Waals surface area contributed by atoms with Crippen molar-refractivity contribution < 1.29 is 0 Å². The summed E-state index contributed by atoms with van der Waals surface area (Å²) >= 11 is 5.88. The average Bonchev–Trinajstić information content (AvgIpc) is 2.17. The maximum Gasteiger partial charge on any atom is 0.0720 e. The van der Waals surface area contributed by atoms with Crippen molar-refractivity contribution >= 4 is 22.5 Å². The Hall–Kier alpha value is -1.12. The molecule has 0 fully saturated rings. The third-order valence-electron chi connectivity index (χ3n) is 2.11. The summed E-state index contributed by atoms with van der Waals surface area (Å²) in [5.74, 6) is 0. The molecule has 0 atom stereocenters. The zero-order chi connectivity index (χ0) is 9.97. The summed E-state index contributed by atoms with van der Waals surface area (Å²) in [5, 5.41) is 1.82. The lowest BCUT2D eigenvalue weighted by Crippen LogP contribution is -2.04. The number of halogens is 1. The number of nitrogens with zero attached hydrogens (tertiary/aromatic N) is 1. The summed E-state index contributed by atoms with van der Waals surface area (Å²) in [5.41, 5.74) is 7.42. The van der Waals surface area contributed by atoms with Crippen LogP contribution >= 0.6 is 11.6 Å². The predicted molar refractivity (Wildman–Crippen MR) is 59.5 cm³/mol. The van der Waals surface area contributed by atoms with Gasteiger partial charge in [0, 0.05) is 22.5 Å². The zero-order valence-corrected chi connectivity index (χ0v) is 8.46. The predicted octanol–water partition coefficient (Wildman–Crippen LogP) is 2.39. The summed E-state index contributed by atoms with van der Waals surface area (Å²) in [4.78, 5) is 4.46. The number of pyridine rings is 1. The maximum absolute atomic E-state index is 5.88. The Balaban J connectivity index is 2.52. The van der Waals surface area contributed by atoms with Crippen LogP contribution in [0.5, 0.6) is 0 Å². The zero-order valence-electron chi connectivity index (χ0n) is 7.70. The Kier molecular flexibility index (Phi) is 2.66. The molecule has 2 N–H and O–H groups in total. The van der Waals surface area contributed by atoms with Crippen molar-refractivity contribution in [3.05, 3.63) is 41.0 Å². The molecule has 0 amide bonds. The number of hydrogen-bond donors (Lipinski definition) is 1. The van der Waals surface area contributed by atoms with Gasteiger partial charge in [-0.25, -0.2) is 0 Å². The van der Waals surface area contributed by atoms with Crippen LogP contribution in [-0.2, 0) is 6.42 Å². The third-order valence-corrected chi connectivity index (χ3v) is 2.35. The fraction of sp³-hybridized carbons (Fsp3) is 0.182. The SMILES string of the molecule is NCCc1ccc2ccc(Cl)cc2n1. The summed E-state index contributed by atoms with van der Waals surface area (Å²) in [6.45, 7) is 0.624. The van der Waals surface area contributed by atoms with Crippen molar-refractivity contribution in [2.45, 2.75) is 6.42 Å². The van der Waals surface area contributed by atoms with E-state index in [1.165, 1.54) is 0 Å². The monoisotopic (exact) mass is 206 g/mol. The van der Waals surface area contributed by atoms with Crippen LogP contribution < -0.4 is 5.73 Å². The molecule has 72 valence electrons. The fourth-order valence-electron chi connectivity index (χ4n) is 1.42. The molecule has 0 spiro atoms. The quantitative estimate of drug-likeness (QED) is 0.820. The minimum absolute atomic E-state index is 0.624. The smallest absolute Gasteiger partial charge is 0.0720 e. The topological polar surface area (TPSA) is 38.9 Å². The normalized spacial score (nSPS) is 10.7. The van der Waals surface area contributed by atoms with E-state index in [2.05, 4.69) is 4.98 Å². The molecular formula is C11H11ClN2. The molecule has 2 nitrogen and oxygen atoms in total. The Morgan fingerprint density at radius 1 is 1.21 bits per heavy atom. The van der Waals surface area contributed by atoms with Crippen LogP contribution in [0.3, 0.4) is 0 Å². The maximum atomic E-state index is 5.88. The molecule has 0 aliphatic rings. The largest absolute Gasteiger partial charge is 0.330 e. The highest BCUT2D eigenvalue weighted by molar-refractivity contribution is 6.31. The second kappa shape index (κ2) is 3.95. The number of rotatable bonds is 2. The van der Waals surface area contributed by atoms with Crippen molar-refractivity contribution in [1.82, 2.24) is 4.98 Å². The molecule has 1 aromatic heterocycles. The van der Waals surface area contributed by atoms with Crippen LogP contribution in [0, 0.1) is 0 Å². The third kappa shape index (κ3) is 1.86. The molecule has 0 bridgehead atoms. The van der Waals surface area contributed by atoms with E-state index in [4.69, 9.17) is 17.3 Å². The van der Waals surface area contributed by atoms with Gasteiger partial charge in [-0.15, -0.1) is 0 Å². The average molecular weight is 207 g/mol. The van der Waals surface area contributed by atoms with Gasteiger partial charge in [0.05, 0.1) is 5.52 Å². The van der Waals surface area contributed by atoms with Crippen LogP contribution in [0.2, 0.25) is 5.02 Å². The van der Waals surface area contributed by atoms with E-state index in [0.29, 0.717) is 6.54 Å². The highest BCUT2D eigenvalue weighted by Gasteiger charge is 1.98. The molecule has 0 aliphatic carbocycles. The van der Waals surface area contributed by atoms with Crippen LogP contribution in [0.25, 0.3) is 10.9 Å². The molecule has 0 unspecified atom stereocenters. The first-order valence-electron chi connectivity index (χ1n) is 4.55. The van der Waals surface area contributed by atoms with Crippen molar-refractivity contribution in [2.24, 2.45) is 5.73 Å². The highest BCUT2D eigenvalue weighted by atomic mass is 35.5. The second-order valence-electron chi connectivity index (χ2n) is 3.18.